The molecule has 1 N–H and O–H groups in total. The number of pyridine rings is 6. The van der Waals surface area contributed by atoms with E-state index >= 15 is 0 Å². The first-order chi connectivity index (χ1) is 52.4. The van der Waals surface area contributed by atoms with Crippen molar-refractivity contribution in [2.24, 2.45) is 7.05 Å². The number of hydrogen-bond acceptors (Lipinski definition) is 14. The topological polar surface area (TPSA) is 254 Å². The van der Waals surface area contributed by atoms with Gasteiger partial charge in [-0.05, 0) is 310 Å². The fraction of sp³-hybridized carbons (Fsp3) is 0.0833. The molecular formula is C72H61F6I7N12O8S4. The van der Waals surface area contributed by atoms with Crippen LogP contribution in [0, 0.1) is 31.6 Å². The van der Waals surface area contributed by atoms with Gasteiger partial charge in [0.2, 0.25) is 5.95 Å². The van der Waals surface area contributed by atoms with Crippen LogP contribution in [0.5, 0.6) is 0 Å². The molecule has 0 atom stereocenters. The Kier molecular flexibility index (Phi) is 36.5. The minimum Gasteiger partial charge on any atom is -0.335 e. The Morgan fingerprint density at radius 3 is 1.27 bits per heavy atom. The van der Waals surface area contributed by atoms with Crippen molar-refractivity contribution < 1.29 is 60.0 Å². The van der Waals surface area contributed by atoms with Gasteiger partial charge in [0.25, 0.3) is 40.1 Å². The van der Waals surface area contributed by atoms with Crippen LogP contribution >= 0.6 is 158 Å². The van der Waals surface area contributed by atoms with Gasteiger partial charge in [-0.1, -0.05) is 66.7 Å². The fourth-order valence-corrected chi connectivity index (χ4v) is 22.4. The van der Waals surface area contributed by atoms with Gasteiger partial charge in [-0.15, -0.1) is 0 Å². The number of aromatic amines is 1. The highest BCUT2D eigenvalue weighted by Crippen LogP contribution is 2.33. The molecule has 0 aliphatic heterocycles. The number of halogens is 13. The first kappa shape index (κ1) is 91.4. The predicted molar refractivity (Wildman–Crippen MR) is 476 cm³/mol. The van der Waals surface area contributed by atoms with Crippen LogP contribution in [0.15, 0.2) is 275 Å². The van der Waals surface area contributed by atoms with Crippen molar-refractivity contribution in [1.29, 1.82) is 0 Å². The zero-order valence-electron chi connectivity index (χ0n) is 57.5. The van der Waals surface area contributed by atoms with Gasteiger partial charge in [-0.25, -0.2) is 79.5 Å². The first-order valence-corrected chi connectivity index (χ1v) is 43.8. The highest BCUT2D eigenvalue weighted by Gasteiger charge is 2.28. The summed E-state index contributed by atoms with van der Waals surface area (Å²) in [6.07, 6.45) is 9.69. The minimum atomic E-state index is -3.64. The smallest absolute Gasteiger partial charge is 0.271 e. The summed E-state index contributed by atoms with van der Waals surface area (Å²) >= 11 is 14.7. The molecule has 0 bridgehead atoms. The van der Waals surface area contributed by atoms with Gasteiger partial charge >= 0.3 is 0 Å². The molecule has 0 unspecified atom stereocenters. The van der Waals surface area contributed by atoms with Gasteiger partial charge in [0, 0.05) is 80.1 Å². The Bertz CT molecular complexity index is 6100. The standard InChI is InChI=1S/2C13H8I2N2O2S.C13H9IN2O2S.C13H10N2O2S.C8H6FIN2.C7H5IN2.5CH3F/c14-10-5-1-2-6-11(10)20(18,19)17-12(15)8-9-4-3-7-16-13(9)17;14-11-10-7-4-8-16-13(10)17(12(11)15)20(18,19)9-5-2-1-3-6-9;14-12-9-10-5-4-8-15-13(10)16(12)19(17,18)11-6-2-1-3-7-11;16-18(17,12-6-2-1-3-7-12)15-10-8-11-5-4-9-14-13(11)15;1-12-7(10)4-5-2-3-6(9)11-8(5)12;8-6-4-5-2-1-3-9-7(5)10-6;5*1-2/h2*1-8H;1-9H;1-10H;2-4H,1H3;1-4H,(H,9,10);5*1H3. The van der Waals surface area contributed by atoms with Crippen LogP contribution in [-0.2, 0) is 47.1 Å². The molecule has 0 saturated carbocycles. The van der Waals surface area contributed by atoms with E-state index in [2.05, 4.69) is 109 Å². The van der Waals surface area contributed by atoms with E-state index in [4.69, 9.17) is 0 Å². The molecule has 0 radical (unpaired) electrons. The molecule has 16 rings (SSSR count). The highest BCUT2D eigenvalue weighted by atomic mass is 127. The predicted octanol–water partition coefficient (Wildman–Crippen LogP) is 19.5. The Morgan fingerprint density at radius 1 is 0.358 bits per heavy atom. The second kappa shape index (κ2) is 43.5. The van der Waals surface area contributed by atoms with Gasteiger partial charge in [0.05, 0.1) is 68.9 Å². The number of nitrogens with zero attached hydrogens (tertiary/aromatic N) is 11. The molecule has 16 aromatic rings. The van der Waals surface area contributed by atoms with E-state index in [1.54, 1.807) is 177 Å². The maximum atomic E-state index is 12.9. The van der Waals surface area contributed by atoms with Crippen molar-refractivity contribution in [2.45, 2.75) is 19.6 Å². The molecule has 12 aromatic heterocycles. The molecule has 12 heterocycles. The largest absolute Gasteiger partial charge is 0.335 e. The van der Waals surface area contributed by atoms with Crippen LogP contribution in [0.25, 0.3) is 66.2 Å². The molecule has 37 heteroatoms. The van der Waals surface area contributed by atoms with Crippen LogP contribution in [0.4, 0.5) is 26.3 Å². The molecule has 0 fully saturated rings. The molecule has 0 amide bonds. The number of aromatic nitrogens is 12. The molecule has 109 heavy (non-hydrogen) atoms. The summed E-state index contributed by atoms with van der Waals surface area (Å²) in [6.45, 7) is 0. The number of hydrogen-bond donors (Lipinski definition) is 1. The van der Waals surface area contributed by atoms with E-state index in [0.717, 1.165) is 43.5 Å². The summed E-state index contributed by atoms with van der Waals surface area (Å²) in [5, 5.41) is 5.42. The molecule has 4 aromatic carbocycles. The lowest BCUT2D eigenvalue weighted by molar-refractivity contribution is 0.585. The SMILES string of the molecule is CF.CF.CF.CF.CF.Cn1c(I)cc2ccc(F)nc21.Ic1cc2cccnc2[nH]1.O=S(=O)(c1ccccc1)n1c(I)c(I)c2cccnc21.O=S(=O)(c1ccccc1)n1c(I)cc2cccnc21.O=S(=O)(c1ccccc1)n1ccc2cccnc21.O=S(=O)(c1ccccc1I)n1c(I)cc2cccnc21. The van der Waals surface area contributed by atoms with Gasteiger partial charge in [-0.2, -0.15) is 4.39 Å². The summed E-state index contributed by atoms with van der Waals surface area (Å²) in [6, 6.07) is 63.1. The lowest BCUT2D eigenvalue weighted by Gasteiger charge is -2.09. The van der Waals surface area contributed by atoms with E-state index in [-0.39, 0.29) is 14.7 Å². The quantitative estimate of drug-likeness (QED) is 0.0843. The number of alkyl halides is 5. The Hall–Kier alpha value is -6.49. The zero-order chi connectivity index (χ0) is 80.4. The number of benzene rings is 4. The van der Waals surface area contributed by atoms with Crippen molar-refractivity contribution in [2.75, 3.05) is 35.9 Å². The third kappa shape index (κ3) is 22.0. The summed E-state index contributed by atoms with van der Waals surface area (Å²) in [7, 11) is -10.1. The average Bonchev–Trinajstić information content (AvgIpc) is 1.65. The second-order valence-electron chi connectivity index (χ2n) is 20.6. The molecule has 0 saturated heterocycles. The van der Waals surface area contributed by atoms with E-state index in [0.29, 0.717) is 83.7 Å². The molecule has 572 valence electrons. The van der Waals surface area contributed by atoms with Gasteiger partial charge in [0.15, 0.2) is 22.6 Å². The van der Waals surface area contributed by atoms with Gasteiger partial charge < -0.3 is 9.55 Å². The third-order valence-corrected chi connectivity index (χ3v) is 29.8. The van der Waals surface area contributed by atoms with Crippen LogP contribution in [-0.4, -0.2) is 125 Å². The van der Waals surface area contributed by atoms with E-state index in [1.807, 2.05) is 163 Å². The number of fused-ring (bicyclic) bond motifs is 6. The van der Waals surface area contributed by atoms with Crippen molar-refractivity contribution in [3.8, 4) is 0 Å². The van der Waals surface area contributed by atoms with Crippen molar-refractivity contribution in [1.82, 2.24) is 55.3 Å². The van der Waals surface area contributed by atoms with Crippen molar-refractivity contribution in [3.05, 3.63) is 287 Å². The number of aryl methyl sites for hydroxylation is 1. The average molecular weight is 2350 g/mol. The molecule has 0 aliphatic carbocycles. The Balaban J connectivity index is 0.000000202. The zero-order valence-corrected chi connectivity index (χ0v) is 75.8. The maximum absolute atomic E-state index is 12.9. The third-order valence-electron chi connectivity index (χ3n) is 14.3. The first-order valence-electron chi connectivity index (χ1n) is 30.5. The monoisotopic (exact) mass is 2350 g/mol. The van der Waals surface area contributed by atoms with Crippen LogP contribution in [0.3, 0.4) is 0 Å². The Labute approximate surface area is 720 Å². The minimum absolute atomic E-state index is 0.258. The van der Waals surface area contributed by atoms with Crippen LogP contribution < -0.4 is 0 Å². The van der Waals surface area contributed by atoms with E-state index in [9.17, 15) is 60.0 Å². The lowest BCUT2D eigenvalue weighted by Crippen LogP contribution is -2.16. The lowest BCUT2D eigenvalue weighted by atomic mass is 10.3. The number of nitrogens with one attached hydrogen (secondary N) is 1. The number of H-pyrrole nitrogens is 1. The molecule has 20 nitrogen and oxygen atoms in total. The fourth-order valence-electron chi connectivity index (χ4n) is 9.72. The summed E-state index contributed by atoms with van der Waals surface area (Å²) in [5.74, 6) is -0.430. The van der Waals surface area contributed by atoms with Crippen LogP contribution in [0.2, 0.25) is 0 Å². The number of rotatable bonds is 8. The summed E-state index contributed by atoms with van der Waals surface area (Å²) in [5.41, 5.74) is 3.48. The normalized spacial score (nSPS) is 10.8. The summed E-state index contributed by atoms with van der Waals surface area (Å²) < 4.78 is 174. The Morgan fingerprint density at radius 2 is 0.761 bits per heavy atom. The molecular weight excluding hydrogens is 2290 g/mol. The summed E-state index contributed by atoms with van der Waals surface area (Å²) in [4.78, 5) is 28.9. The van der Waals surface area contributed by atoms with Gasteiger partial charge in [0.1, 0.15) is 19.9 Å². The van der Waals surface area contributed by atoms with E-state index in [1.165, 1.54) is 33.5 Å². The molecule has 0 aliphatic rings. The maximum Gasteiger partial charge on any atom is 0.271 e. The second-order valence-corrected chi connectivity index (χ2v) is 35.5. The van der Waals surface area contributed by atoms with E-state index < -0.39 is 46.0 Å². The highest BCUT2D eigenvalue weighted by molar-refractivity contribution is 14.1. The van der Waals surface area contributed by atoms with Crippen LogP contribution in [0.1, 0.15) is 0 Å². The van der Waals surface area contributed by atoms with Crippen molar-refractivity contribution >= 4 is 264 Å². The van der Waals surface area contributed by atoms with Crippen molar-refractivity contribution in [3.63, 3.8) is 0 Å². The molecule has 0 spiro atoms. The van der Waals surface area contributed by atoms with Gasteiger partial charge in [-0.3, -0.25) is 22.0 Å².